The van der Waals surface area contributed by atoms with Crippen LogP contribution in [0.5, 0.6) is 0 Å². The van der Waals surface area contributed by atoms with Crippen LogP contribution < -0.4 is 5.32 Å². The minimum atomic E-state index is -0.312. The fraction of sp³-hybridized carbons (Fsp3) is 0.467. The zero-order chi connectivity index (χ0) is 14.1. The van der Waals surface area contributed by atoms with Crippen LogP contribution in [0.1, 0.15) is 38.2 Å². The molecule has 0 saturated heterocycles. The number of anilines is 1. The van der Waals surface area contributed by atoms with Crippen molar-refractivity contribution in [3.05, 3.63) is 29.8 Å². The molecule has 4 heteroatoms. The monoisotopic (exact) mass is 263 g/mol. The fourth-order valence-electron chi connectivity index (χ4n) is 1.66. The molecule has 1 rings (SSSR count). The lowest BCUT2D eigenvalue weighted by molar-refractivity contribution is -0.147. The SMILES string of the molecule is CCCCCC(=O)OCC(=O)Nc1cccc(C)c1. The molecule has 1 amide bonds. The molecule has 1 N–H and O–H groups in total. The molecule has 0 aliphatic carbocycles. The van der Waals surface area contributed by atoms with Crippen molar-refractivity contribution in [2.75, 3.05) is 11.9 Å². The van der Waals surface area contributed by atoms with Gasteiger partial charge in [0.15, 0.2) is 6.61 Å². The Morgan fingerprint density at radius 1 is 1.26 bits per heavy atom. The predicted molar refractivity (Wildman–Crippen MR) is 74.9 cm³/mol. The first kappa shape index (κ1) is 15.2. The van der Waals surface area contributed by atoms with Gasteiger partial charge >= 0.3 is 5.97 Å². The lowest BCUT2D eigenvalue weighted by Gasteiger charge is -2.07. The molecule has 4 nitrogen and oxygen atoms in total. The van der Waals surface area contributed by atoms with Gasteiger partial charge in [-0.1, -0.05) is 31.9 Å². The Bertz CT molecular complexity index is 429. The molecule has 0 aromatic heterocycles. The quantitative estimate of drug-likeness (QED) is 0.607. The lowest BCUT2D eigenvalue weighted by Crippen LogP contribution is -2.20. The van der Waals surface area contributed by atoms with Gasteiger partial charge in [-0.15, -0.1) is 0 Å². The zero-order valence-electron chi connectivity index (χ0n) is 11.6. The molecule has 1 aromatic carbocycles. The molecular formula is C15H21NO3. The molecule has 104 valence electrons. The summed E-state index contributed by atoms with van der Waals surface area (Å²) in [5, 5.41) is 2.69. The fourth-order valence-corrected chi connectivity index (χ4v) is 1.66. The van der Waals surface area contributed by atoms with Crippen LogP contribution in [0.4, 0.5) is 5.69 Å². The van der Waals surface area contributed by atoms with Crippen molar-refractivity contribution in [3.8, 4) is 0 Å². The Hall–Kier alpha value is -1.84. The standard InChI is InChI=1S/C15H21NO3/c1-3-4-5-9-15(18)19-11-14(17)16-13-8-6-7-12(2)10-13/h6-8,10H,3-5,9,11H2,1-2H3,(H,16,17). The van der Waals surface area contributed by atoms with Crippen LogP contribution in [-0.2, 0) is 14.3 Å². The second-order valence-electron chi connectivity index (χ2n) is 4.54. The maximum absolute atomic E-state index is 11.6. The molecule has 0 spiro atoms. The number of benzene rings is 1. The van der Waals surface area contributed by atoms with E-state index in [1.54, 1.807) is 6.07 Å². The van der Waals surface area contributed by atoms with E-state index in [1.165, 1.54) is 0 Å². The summed E-state index contributed by atoms with van der Waals surface area (Å²) >= 11 is 0. The first-order valence-corrected chi connectivity index (χ1v) is 6.64. The van der Waals surface area contributed by atoms with Crippen LogP contribution in [0.25, 0.3) is 0 Å². The maximum atomic E-state index is 11.6. The summed E-state index contributed by atoms with van der Waals surface area (Å²) in [5.41, 5.74) is 1.78. The van der Waals surface area contributed by atoms with Gasteiger partial charge in [0.1, 0.15) is 0 Å². The van der Waals surface area contributed by atoms with E-state index in [1.807, 2.05) is 25.1 Å². The minimum absolute atomic E-state index is 0.223. The second kappa shape index (κ2) is 8.29. The van der Waals surface area contributed by atoms with E-state index in [2.05, 4.69) is 12.2 Å². The van der Waals surface area contributed by atoms with Crippen LogP contribution in [-0.4, -0.2) is 18.5 Å². The van der Waals surface area contributed by atoms with Crippen LogP contribution >= 0.6 is 0 Å². The van der Waals surface area contributed by atoms with Gasteiger partial charge in [-0.2, -0.15) is 0 Å². The average molecular weight is 263 g/mol. The minimum Gasteiger partial charge on any atom is -0.456 e. The molecule has 19 heavy (non-hydrogen) atoms. The largest absolute Gasteiger partial charge is 0.456 e. The van der Waals surface area contributed by atoms with Crippen LogP contribution in [0.3, 0.4) is 0 Å². The van der Waals surface area contributed by atoms with Crippen molar-refractivity contribution in [1.82, 2.24) is 0 Å². The first-order valence-electron chi connectivity index (χ1n) is 6.64. The third-order valence-electron chi connectivity index (χ3n) is 2.65. The summed E-state index contributed by atoms with van der Waals surface area (Å²) in [6.45, 7) is 3.79. The summed E-state index contributed by atoms with van der Waals surface area (Å²) in [4.78, 5) is 22.9. The molecule has 0 radical (unpaired) electrons. The number of amides is 1. The van der Waals surface area contributed by atoms with Gasteiger partial charge in [-0.05, 0) is 31.0 Å². The molecule has 0 bridgehead atoms. The van der Waals surface area contributed by atoms with Crippen molar-refractivity contribution in [2.24, 2.45) is 0 Å². The molecule has 1 aromatic rings. The number of unbranched alkanes of at least 4 members (excludes halogenated alkanes) is 2. The number of aryl methyl sites for hydroxylation is 1. The third kappa shape index (κ3) is 6.60. The van der Waals surface area contributed by atoms with Crippen LogP contribution in [0, 0.1) is 6.92 Å². The van der Waals surface area contributed by atoms with Crippen LogP contribution in [0.2, 0.25) is 0 Å². The van der Waals surface area contributed by atoms with Gasteiger partial charge in [-0.25, -0.2) is 0 Å². The summed E-state index contributed by atoms with van der Waals surface area (Å²) in [7, 11) is 0. The van der Waals surface area contributed by atoms with E-state index in [0.717, 1.165) is 24.8 Å². The Morgan fingerprint density at radius 3 is 2.74 bits per heavy atom. The van der Waals surface area contributed by atoms with Crippen LogP contribution in [0.15, 0.2) is 24.3 Å². The summed E-state index contributed by atoms with van der Waals surface area (Å²) in [6, 6.07) is 7.47. The van der Waals surface area contributed by atoms with Gasteiger partial charge in [0.2, 0.25) is 0 Å². The number of carbonyl (C=O) groups excluding carboxylic acids is 2. The molecule has 0 aliphatic heterocycles. The summed E-state index contributed by atoms with van der Waals surface area (Å²) < 4.78 is 4.90. The van der Waals surface area contributed by atoms with Crippen molar-refractivity contribution in [2.45, 2.75) is 39.5 Å². The van der Waals surface area contributed by atoms with Gasteiger partial charge in [0.05, 0.1) is 0 Å². The van der Waals surface area contributed by atoms with E-state index in [-0.39, 0.29) is 18.5 Å². The van der Waals surface area contributed by atoms with E-state index >= 15 is 0 Å². The molecule has 0 heterocycles. The van der Waals surface area contributed by atoms with Gasteiger partial charge < -0.3 is 10.1 Å². The summed E-state index contributed by atoms with van der Waals surface area (Å²) in [6.07, 6.45) is 3.26. The number of carbonyl (C=O) groups is 2. The van der Waals surface area contributed by atoms with Gasteiger partial charge in [-0.3, -0.25) is 9.59 Å². The zero-order valence-corrected chi connectivity index (χ0v) is 11.6. The Morgan fingerprint density at radius 2 is 2.05 bits per heavy atom. The van der Waals surface area contributed by atoms with E-state index in [4.69, 9.17) is 4.74 Å². The maximum Gasteiger partial charge on any atom is 0.306 e. The Balaban J connectivity index is 2.26. The predicted octanol–water partition coefficient (Wildman–Crippen LogP) is 3.06. The average Bonchev–Trinajstić information content (AvgIpc) is 2.37. The molecule has 0 unspecified atom stereocenters. The topological polar surface area (TPSA) is 55.4 Å². The highest BCUT2D eigenvalue weighted by molar-refractivity contribution is 5.92. The number of hydrogen-bond acceptors (Lipinski definition) is 3. The number of ether oxygens (including phenoxy) is 1. The molecule has 0 saturated carbocycles. The smallest absolute Gasteiger partial charge is 0.306 e. The van der Waals surface area contributed by atoms with Crippen molar-refractivity contribution < 1.29 is 14.3 Å². The molecular weight excluding hydrogens is 242 g/mol. The highest BCUT2D eigenvalue weighted by atomic mass is 16.5. The van der Waals surface area contributed by atoms with Crippen molar-refractivity contribution >= 4 is 17.6 Å². The lowest BCUT2D eigenvalue weighted by atomic mass is 10.2. The summed E-state index contributed by atoms with van der Waals surface area (Å²) in [5.74, 6) is -0.623. The molecule has 0 aliphatic rings. The number of rotatable bonds is 7. The molecule has 0 atom stereocenters. The highest BCUT2D eigenvalue weighted by Crippen LogP contribution is 2.09. The third-order valence-corrected chi connectivity index (χ3v) is 2.65. The van der Waals surface area contributed by atoms with E-state index in [9.17, 15) is 9.59 Å². The normalized spacial score (nSPS) is 10.0. The highest BCUT2D eigenvalue weighted by Gasteiger charge is 2.07. The first-order chi connectivity index (χ1) is 9.11. The number of nitrogens with one attached hydrogen (secondary N) is 1. The second-order valence-corrected chi connectivity index (χ2v) is 4.54. The Labute approximate surface area is 114 Å². The van der Waals surface area contributed by atoms with E-state index < -0.39 is 0 Å². The number of hydrogen-bond donors (Lipinski definition) is 1. The van der Waals surface area contributed by atoms with Gasteiger partial charge in [0, 0.05) is 12.1 Å². The number of esters is 1. The Kier molecular flexibility index (Phi) is 6.64. The molecule has 0 fully saturated rings. The van der Waals surface area contributed by atoms with Crippen molar-refractivity contribution in [1.29, 1.82) is 0 Å². The van der Waals surface area contributed by atoms with Crippen molar-refractivity contribution in [3.63, 3.8) is 0 Å². The van der Waals surface area contributed by atoms with E-state index in [0.29, 0.717) is 12.1 Å². The van der Waals surface area contributed by atoms with Gasteiger partial charge in [0.25, 0.3) is 5.91 Å².